The lowest BCUT2D eigenvalue weighted by molar-refractivity contribution is -0.135. The van der Waals surface area contributed by atoms with E-state index in [0.29, 0.717) is 30.8 Å². The van der Waals surface area contributed by atoms with Crippen LogP contribution in [0.3, 0.4) is 0 Å². The number of rotatable bonds is 7. The molecule has 1 spiro atoms. The Bertz CT molecular complexity index is 1390. The summed E-state index contributed by atoms with van der Waals surface area (Å²) in [4.78, 5) is 44.1. The van der Waals surface area contributed by atoms with E-state index in [0.717, 1.165) is 16.5 Å². The quantitative estimate of drug-likeness (QED) is 0.395. The highest BCUT2D eigenvalue weighted by atomic mass is 16.5. The van der Waals surface area contributed by atoms with Gasteiger partial charge < -0.3 is 24.7 Å². The summed E-state index contributed by atoms with van der Waals surface area (Å²) in [7, 11) is 0. The van der Waals surface area contributed by atoms with Crippen LogP contribution in [0.1, 0.15) is 22.8 Å². The molecule has 3 aromatic rings. The SMILES string of the molecule is CCOC(=O)c1cccc(NC(=O)[C@H]2[C@H]3C(=O)N(CCc4c[nH]c5ccccc45)C[C@]34C=C[C@H]2O4)c1. The molecular formula is C28H27N3O5. The predicted molar refractivity (Wildman–Crippen MR) is 133 cm³/mol. The third-order valence-corrected chi connectivity index (χ3v) is 7.45. The molecule has 184 valence electrons. The molecule has 0 unspecified atom stereocenters. The van der Waals surface area contributed by atoms with E-state index in [-0.39, 0.29) is 18.4 Å². The topological polar surface area (TPSA) is 101 Å². The lowest BCUT2D eigenvalue weighted by atomic mass is 9.76. The van der Waals surface area contributed by atoms with Crippen LogP contribution >= 0.6 is 0 Å². The second-order valence-corrected chi connectivity index (χ2v) is 9.56. The van der Waals surface area contributed by atoms with Gasteiger partial charge in [0, 0.05) is 29.3 Å². The maximum Gasteiger partial charge on any atom is 0.338 e. The van der Waals surface area contributed by atoms with Crippen molar-refractivity contribution in [2.45, 2.75) is 25.0 Å². The van der Waals surface area contributed by atoms with Crippen molar-refractivity contribution < 1.29 is 23.9 Å². The number of para-hydroxylation sites is 1. The van der Waals surface area contributed by atoms with Crippen LogP contribution in [0.2, 0.25) is 0 Å². The minimum absolute atomic E-state index is 0.0536. The third-order valence-electron chi connectivity index (χ3n) is 7.45. The molecule has 0 aliphatic carbocycles. The van der Waals surface area contributed by atoms with Crippen molar-refractivity contribution in [1.29, 1.82) is 0 Å². The number of carbonyl (C=O) groups excluding carboxylic acids is 3. The summed E-state index contributed by atoms with van der Waals surface area (Å²) in [6, 6.07) is 14.7. The van der Waals surface area contributed by atoms with Gasteiger partial charge in [-0.2, -0.15) is 0 Å². The zero-order chi connectivity index (χ0) is 24.9. The molecule has 6 rings (SSSR count). The largest absolute Gasteiger partial charge is 0.462 e. The molecule has 8 heteroatoms. The Morgan fingerprint density at radius 1 is 1.22 bits per heavy atom. The van der Waals surface area contributed by atoms with Crippen LogP contribution in [0.25, 0.3) is 10.9 Å². The first-order valence-electron chi connectivity index (χ1n) is 12.3. The van der Waals surface area contributed by atoms with Crippen LogP contribution in [0.15, 0.2) is 66.9 Å². The van der Waals surface area contributed by atoms with Gasteiger partial charge in [0.05, 0.1) is 36.7 Å². The highest BCUT2D eigenvalue weighted by Crippen LogP contribution is 2.52. The third kappa shape index (κ3) is 3.60. The molecular weight excluding hydrogens is 458 g/mol. The molecule has 2 fully saturated rings. The van der Waals surface area contributed by atoms with Crippen LogP contribution < -0.4 is 5.32 Å². The number of ether oxygens (including phenoxy) is 2. The average molecular weight is 486 g/mol. The Balaban J connectivity index is 1.17. The minimum Gasteiger partial charge on any atom is -0.462 e. The fourth-order valence-electron chi connectivity index (χ4n) is 5.82. The number of aromatic amines is 1. The van der Waals surface area contributed by atoms with Gasteiger partial charge in [-0.3, -0.25) is 9.59 Å². The Hall–Kier alpha value is -3.91. The van der Waals surface area contributed by atoms with Crippen molar-refractivity contribution in [1.82, 2.24) is 9.88 Å². The van der Waals surface area contributed by atoms with E-state index in [4.69, 9.17) is 9.47 Å². The Morgan fingerprint density at radius 2 is 2.08 bits per heavy atom. The monoisotopic (exact) mass is 485 g/mol. The lowest BCUT2D eigenvalue weighted by Gasteiger charge is -2.23. The fourth-order valence-corrected chi connectivity index (χ4v) is 5.82. The normalized spacial score (nSPS) is 26.0. The smallest absolute Gasteiger partial charge is 0.338 e. The number of aromatic nitrogens is 1. The predicted octanol–water partition coefficient (Wildman–Crippen LogP) is 3.31. The molecule has 0 radical (unpaired) electrons. The van der Waals surface area contributed by atoms with Crippen molar-refractivity contribution in [3.8, 4) is 0 Å². The van der Waals surface area contributed by atoms with E-state index < -0.39 is 29.5 Å². The second-order valence-electron chi connectivity index (χ2n) is 9.56. The first kappa shape index (κ1) is 22.5. The molecule has 1 aromatic heterocycles. The molecule has 3 aliphatic heterocycles. The van der Waals surface area contributed by atoms with Crippen molar-refractivity contribution >= 4 is 34.4 Å². The number of benzene rings is 2. The molecule has 2 aromatic carbocycles. The molecule has 2 N–H and O–H groups in total. The van der Waals surface area contributed by atoms with Crippen molar-refractivity contribution in [2.24, 2.45) is 11.8 Å². The Labute approximate surface area is 208 Å². The summed E-state index contributed by atoms with van der Waals surface area (Å²) < 4.78 is 11.3. The number of H-pyrrole nitrogens is 1. The number of carbonyl (C=O) groups is 3. The number of anilines is 1. The van der Waals surface area contributed by atoms with E-state index in [1.165, 1.54) is 0 Å². The van der Waals surface area contributed by atoms with Gasteiger partial charge in [-0.05, 0) is 43.2 Å². The van der Waals surface area contributed by atoms with Crippen molar-refractivity contribution in [2.75, 3.05) is 25.0 Å². The summed E-state index contributed by atoms with van der Waals surface area (Å²) in [5, 5.41) is 4.04. The number of amides is 2. The maximum absolute atomic E-state index is 13.5. The first-order chi connectivity index (χ1) is 17.5. The number of nitrogens with one attached hydrogen (secondary N) is 2. The molecule has 3 aliphatic rings. The minimum atomic E-state index is -0.767. The van der Waals surface area contributed by atoms with Crippen LogP contribution in [-0.4, -0.2) is 59.1 Å². The number of hydrogen-bond donors (Lipinski definition) is 2. The summed E-state index contributed by atoms with van der Waals surface area (Å²) in [6.45, 7) is 3.00. The van der Waals surface area contributed by atoms with Gasteiger partial charge in [0.25, 0.3) is 0 Å². The summed E-state index contributed by atoms with van der Waals surface area (Å²) in [5.41, 5.74) is 2.30. The molecule has 36 heavy (non-hydrogen) atoms. The number of esters is 1. The summed E-state index contributed by atoms with van der Waals surface area (Å²) >= 11 is 0. The molecule has 2 amide bonds. The second kappa shape index (κ2) is 8.64. The highest BCUT2D eigenvalue weighted by Gasteiger charge is 2.66. The van der Waals surface area contributed by atoms with E-state index in [1.807, 2.05) is 41.4 Å². The Kier molecular flexibility index (Phi) is 5.41. The molecule has 8 nitrogen and oxygen atoms in total. The molecule has 2 saturated heterocycles. The molecule has 4 atom stereocenters. The number of fused-ring (bicyclic) bond motifs is 2. The molecule has 4 heterocycles. The van der Waals surface area contributed by atoms with E-state index in [1.54, 1.807) is 31.2 Å². The van der Waals surface area contributed by atoms with Gasteiger partial charge in [-0.15, -0.1) is 0 Å². The van der Waals surface area contributed by atoms with Crippen LogP contribution in [0.5, 0.6) is 0 Å². The number of nitrogens with zero attached hydrogens (tertiary/aromatic N) is 1. The maximum atomic E-state index is 13.5. The molecule has 2 bridgehead atoms. The summed E-state index contributed by atoms with van der Waals surface area (Å²) in [6.07, 6.45) is 6.11. The zero-order valence-electron chi connectivity index (χ0n) is 19.9. The Morgan fingerprint density at radius 3 is 2.94 bits per heavy atom. The van der Waals surface area contributed by atoms with Gasteiger partial charge in [-0.1, -0.05) is 36.4 Å². The van der Waals surface area contributed by atoms with Gasteiger partial charge in [0.2, 0.25) is 11.8 Å². The van der Waals surface area contributed by atoms with Gasteiger partial charge in [0.1, 0.15) is 5.60 Å². The van der Waals surface area contributed by atoms with E-state index >= 15 is 0 Å². The highest BCUT2D eigenvalue weighted by molar-refractivity contribution is 6.00. The number of likely N-dealkylation sites (tertiary alicyclic amines) is 1. The van der Waals surface area contributed by atoms with Crippen LogP contribution in [-0.2, 0) is 25.5 Å². The molecule has 0 saturated carbocycles. The van der Waals surface area contributed by atoms with Crippen molar-refractivity contribution in [3.05, 3.63) is 78.0 Å². The summed E-state index contributed by atoms with van der Waals surface area (Å²) in [5.74, 6) is -1.99. The van der Waals surface area contributed by atoms with Crippen molar-refractivity contribution in [3.63, 3.8) is 0 Å². The first-order valence-corrected chi connectivity index (χ1v) is 12.3. The van der Waals surface area contributed by atoms with Gasteiger partial charge in [-0.25, -0.2) is 4.79 Å². The van der Waals surface area contributed by atoms with Crippen LogP contribution in [0, 0.1) is 11.8 Å². The van der Waals surface area contributed by atoms with E-state index in [2.05, 4.69) is 16.4 Å². The van der Waals surface area contributed by atoms with E-state index in [9.17, 15) is 14.4 Å². The standard InChI is InChI=1S/C28H27N3O5/c1-2-35-27(34)17-6-5-7-19(14-17)30-25(32)23-22-10-12-28(36-22)16-31(26(33)24(23)28)13-11-18-15-29-21-9-4-3-8-20(18)21/h3-10,12,14-15,22-24,29H,2,11,13,16H2,1H3,(H,30,32)/t22-,23-,24+,28-/m1/s1. The number of hydrogen-bond acceptors (Lipinski definition) is 5. The van der Waals surface area contributed by atoms with Crippen LogP contribution in [0.4, 0.5) is 5.69 Å². The zero-order valence-corrected chi connectivity index (χ0v) is 19.9. The van der Waals surface area contributed by atoms with Gasteiger partial charge in [0.15, 0.2) is 0 Å². The lowest BCUT2D eigenvalue weighted by Crippen LogP contribution is -2.41. The average Bonchev–Trinajstić information content (AvgIpc) is 3.63. The van der Waals surface area contributed by atoms with Gasteiger partial charge >= 0.3 is 5.97 Å². The fraction of sp³-hybridized carbons (Fsp3) is 0.321.